The number of imide groups is 1. The van der Waals surface area contributed by atoms with E-state index in [4.69, 9.17) is 10.8 Å². The minimum atomic E-state index is -1.08. The van der Waals surface area contributed by atoms with Crippen molar-refractivity contribution < 1.29 is 19.5 Å². The lowest BCUT2D eigenvalue weighted by atomic mass is 10.2. The van der Waals surface area contributed by atoms with E-state index in [1.165, 1.54) is 35.6 Å². The molecule has 0 saturated carbocycles. The number of nitrogens with zero attached hydrogens (tertiary/aromatic N) is 3. The maximum Gasteiger partial charge on any atom is 0.335 e. The summed E-state index contributed by atoms with van der Waals surface area (Å²) in [5, 5.41) is 18.3. The number of hydrogen-bond donors (Lipinski definition) is 2. The number of nitrogens with two attached hydrogens (primary N) is 1. The molecule has 1 aromatic heterocycles. The number of carbonyl (C=O) groups is 3. The SMILES string of the molecule is CC(=NN=C(N)S[C@@H]1CC(=O)N(c2ccc(C(=O)O)cc2)C1=O)c1cccs1. The molecule has 1 saturated heterocycles. The zero-order chi connectivity index (χ0) is 20.3. The second-order valence-corrected chi connectivity index (χ2v) is 8.00. The number of carboxylic acid groups (broad SMARTS) is 1. The highest BCUT2D eigenvalue weighted by Crippen LogP contribution is 2.30. The number of rotatable bonds is 5. The summed E-state index contributed by atoms with van der Waals surface area (Å²) in [6.45, 7) is 1.81. The number of anilines is 1. The minimum absolute atomic E-state index is 0.0198. The van der Waals surface area contributed by atoms with Crippen molar-refractivity contribution in [1.29, 1.82) is 0 Å². The van der Waals surface area contributed by atoms with Gasteiger partial charge in [0.2, 0.25) is 11.8 Å². The van der Waals surface area contributed by atoms with E-state index in [0.29, 0.717) is 11.4 Å². The summed E-state index contributed by atoms with van der Waals surface area (Å²) in [5.41, 5.74) is 6.96. The minimum Gasteiger partial charge on any atom is -0.478 e. The standard InChI is InChI=1S/C18H16N4O4S2/c1-10(13-3-2-8-27-13)20-21-18(19)28-14-9-15(23)22(16(14)24)12-6-4-11(5-7-12)17(25)26/h2-8,14H,9H2,1H3,(H2,19,21)(H,25,26)/t14-/m1/s1. The van der Waals surface area contributed by atoms with Crippen LogP contribution >= 0.6 is 23.1 Å². The van der Waals surface area contributed by atoms with E-state index in [2.05, 4.69) is 10.2 Å². The molecule has 144 valence electrons. The zero-order valence-electron chi connectivity index (χ0n) is 14.7. The fraction of sp³-hybridized carbons (Fsp3) is 0.167. The third kappa shape index (κ3) is 4.29. The number of benzene rings is 1. The number of carboxylic acids is 1. The summed E-state index contributed by atoms with van der Waals surface area (Å²) in [4.78, 5) is 37.8. The predicted molar refractivity (Wildman–Crippen MR) is 110 cm³/mol. The number of thiophene rings is 1. The largest absolute Gasteiger partial charge is 0.478 e. The fourth-order valence-electron chi connectivity index (χ4n) is 2.55. The summed E-state index contributed by atoms with van der Waals surface area (Å²) in [7, 11) is 0. The monoisotopic (exact) mass is 416 g/mol. The Kier molecular flexibility index (Phi) is 5.90. The van der Waals surface area contributed by atoms with Crippen LogP contribution in [0, 0.1) is 0 Å². The van der Waals surface area contributed by atoms with Crippen LogP contribution in [0.5, 0.6) is 0 Å². The number of amidine groups is 1. The lowest BCUT2D eigenvalue weighted by Gasteiger charge is -2.14. The van der Waals surface area contributed by atoms with E-state index in [9.17, 15) is 14.4 Å². The van der Waals surface area contributed by atoms with Crippen molar-refractivity contribution >= 4 is 57.4 Å². The van der Waals surface area contributed by atoms with Crippen molar-refractivity contribution in [1.82, 2.24) is 0 Å². The maximum absolute atomic E-state index is 12.6. The smallest absolute Gasteiger partial charge is 0.335 e. The van der Waals surface area contributed by atoms with E-state index in [0.717, 1.165) is 21.5 Å². The Bertz CT molecular complexity index is 968. The fourth-order valence-corrected chi connectivity index (χ4v) is 4.03. The van der Waals surface area contributed by atoms with Crippen LogP contribution in [-0.4, -0.2) is 39.0 Å². The van der Waals surface area contributed by atoms with Gasteiger partial charge in [-0.25, -0.2) is 9.69 Å². The first kappa shape index (κ1) is 19.8. The Labute approximate surface area is 168 Å². The highest BCUT2D eigenvalue weighted by molar-refractivity contribution is 8.14. The topological polar surface area (TPSA) is 125 Å². The Morgan fingerprint density at radius 2 is 1.96 bits per heavy atom. The molecule has 0 radical (unpaired) electrons. The van der Waals surface area contributed by atoms with Gasteiger partial charge in [-0.05, 0) is 42.6 Å². The highest BCUT2D eigenvalue weighted by Gasteiger charge is 2.40. The first-order valence-electron chi connectivity index (χ1n) is 8.15. The van der Waals surface area contributed by atoms with Gasteiger partial charge in [-0.3, -0.25) is 9.59 Å². The van der Waals surface area contributed by atoms with Crippen LogP contribution in [-0.2, 0) is 9.59 Å². The van der Waals surface area contributed by atoms with Crippen molar-refractivity contribution in [3.8, 4) is 0 Å². The quantitative estimate of drug-likeness (QED) is 0.334. The lowest BCUT2D eigenvalue weighted by Crippen LogP contribution is -2.31. The molecule has 10 heteroatoms. The van der Waals surface area contributed by atoms with Gasteiger partial charge in [-0.1, -0.05) is 17.8 Å². The Morgan fingerprint density at radius 1 is 1.25 bits per heavy atom. The van der Waals surface area contributed by atoms with Gasteiger partial charge in [0.05, 0.1) is 21.8 Å². The van der Waals surface area contributed by atoms with Crippen LogP contribution in [0.3, 0.4) is 0 Å². The molecule has 0 aliphatic carbocycles. The first-order valence-corrected chi connectivity index (χ1v) is 9.91. The molecule has 1 aliphatic rings. The molecule has 2 amide bonds. The number of aromatic carboxylic acids is 1. The van der Waals surface area contributed by atoms with Gasteiger partial charge in [0.15, 0.2) is 5.17 Å². The van der Waals surface area contributed by atoms with Crippen LogP contribution in [0.25, 0.3) is 0 Å². The normalized spacial score (nSPS) is 18.0. The second kappa shape index (κ2) is 8.36. The Morgan fingerprint density at radius 3 is 2.57 bits per heavy atom. The van der Waals surface area contributed by atoms with Crippen LogP contribution < -0.4 is 10.6 Å². The maximum atomic E-state index is 12.6. The van der Waals surface area contributed by atoms with E-state index in [1.54, 1.807) is 6.92 Å². The summed E-state index contributed by atoms with van der Waals surface area (Å²) >= 11 is 2.51. The Balaban J connectivity index is 1.70. The molecule has 2 aromatic rings. The lowest BCUT2D eigenvalue weighted by molar-refractivity contribution is -0.121. The van der Waals surface area contributed by atoms with Crippen molar-refractivity contribution in [3.05, 3.63) is 52.2 Å². The van der Waals surface area contributed by atoms with Gasteiger partial charge in [-0.15, -0.1) is 16.4 Å². The molecule has 0 unspecified atom stereocenters. The van der Waals surface area contributed by atoms with Crippen molar-refractivity contribution in [2.24, 2.45) is 15.9 Å². The molecule has 8 nitrogen and oxygen atoms in total. The molecular formula is C18H16N4O4S2. The van der Waals surface area contributed by atoms with Crippen LogP contribution in [0.1, 0.15) is 28.6 Å². The van der Waals surface area contributed by atoms with E-state index >= 15 is 0 Å². The average molecular weight is 416 g/mol. The van der Waals surface area contributed by atoms with Crippen LogP contribution in [0.15, 0.2) is 52.0 Å². The summed E-state index contributed by atoms with van der Waals surface area (Å²) in [6, 6.07) is 9.36. The molecule has 28 heavy (non-hydrogen) atoms. The molecule has 1 aromatic carbocycles. The Hall–Kier alpha value is -2.98. The predicted octanol–water partition coefficient (Wildman–Crippen LogP) is 2.55. The molecule has 0 spiro atoms. The summed E-state index contributed by atoms with van der Waals surface area (Å²) < 4.78 is 0. The van der Waals surface area contributed by atoms with Gasteiger partial charge in [0.25, 0.3) is 0 Å². The molecular weight excluding hydrogens is 400 g/mol. The molecule has 1 fully saturated rings. The summed E-state index contributed by atoms with van der Waals surface area (Å²) in [5.74, 6) is -1.88. The second-order valence-electron chi connectivity index (χ2n) is 5.83. The third-order valence-corrected chi connectivity index (χ3v) is 5.87. The number of hydrogen-bond acceptors (Lipinski definition) is 7. The van der Waals surface area contributed by atoms with Crippen molar-refractivity contribution in [2.45, 2.75) is 18.6 Å². The number of amides is 2. The van der Waals surface area contributed by atoms with Gasteiger partial charge in [0, 0.05) is 6.42 Å². The van der Waals surface area contributed by atoms with Crippen molar-refractivity contribution in [3.63, 3.8) is 0 Å². The molecule has 3 rings (SSSR count). The first-order chi connectivity index (χ1) is 13.4. The number of thioether (sulfide) groups is 1. The van der Waals surface area contributed by atoms with E-state index in [-0.39, 0.29) is 23.1 Å². The average Bonchev–Trinajstić information content (AvgIpc) is 3.29. The molecule has 2 heterocycles. The van der Waals surface area contributed by atoms with Gasteiger partial charge < -0.3 is 10.8 Å². The van der Waals surface area contributed by atoms with E-state index in [1.807, 2.05) is 17.5 Å². The van der Waals surface area contributed by atoms with E-state index < -0.39 is 17.1 Å². The highest BCUT2D eigenvalue weighted by atomic mass is 32.2. The third-order valence-electron chi connectivity index (χ3n) is 3.92. The van der Waals surface area contributed by atoms with Crippen LogP contribution in [0.4, 0.5) is 5.69 Å². The molecule has 0 bridgehead atoms. The summed E-state index contributed by atoms with van der Waals surface area (Å²) in [6.07, 6.45) is -0.0198. The van der Waals surface area contributed by atoms with Gasteiger partial charge >= 0.3 is 5.97 Å². The van der Waals surface area contributed by atoms with Crippen molar-refractivity contribution in [2.75, 3.05) is 4.90 Å². The molecule has 1 aliphatic heterocycles. The zero-order valence-corrected chi connectivity index (χ0v) is 16.4. The van der Waals surface area contributed by atoms with Gasteiger partial charge in [0.1, 0.15) is 5.25 Å². The number of carbonyl (C=O) groups excluding carboxylic acids is 2. The molecule has 1 atom stereocenters. The van der Waals surface area contributed by atoms with Crippen LogP contribution in [0.2, 0.25) is 0 Å². The molecule has 3 N–H and O–H groups in total. The van der Waals surface area contributed by atoms with Gasteiger partial charge in [-0.2, -0.15) is 5.10 Å².